The average Bonchev–Trinajstić information content (AvgIpc) is 3.13. The highest BCUT2D eigenvalue weighted by Crippen LogP contribution is 2.32. The van der Waals surface area contributed by atoms with Crippen LogP contribution < -0.4 is 10.2 Å². The SMILES string of the molecule is Cc1cc(F)ccc1Nc1nc(N(C)c2ccccc2)nc2ccsc12. The van der Waals surface area contributed by atoms with E-state index in [-0.39, 0.29) is 5.82 Å². The second-order valence-corrected chi connectivity index (χ2v) is 6.90. The molecular formula is C20H17FN4S. The number of hydrogen-bond acceptors (Lipinski definition) is 5. The minimum Gasteiger partial charge on any atom is -0.339 e. The Morgan fingerprint density at radius 2 is 1.85 bits per heavy atom. The number of para-hydroxylation sites is 1. The van der Waals surface area contributed by atoms with Gasteiger partial charge in [-0.1, -0.05) is 18.2 Å². The lowest BCUT2D eigenvalue weighted by Crippen LogP contribution is -2.13. The Morgan fingerprint density at radius 1 is 1.04 bits per heavy atom. The molecule has 0 atom stereocenters. The van der Waals surface area contributed by atoms with Gasteiger partial charge < -0.3 is 10.2 Å². The molecule has 0 aliphatic rings. The number of halogens is 1. The van der Waals surface area contributed by atoms with Crippen LogP contribution in [0.4, 0.5) is 27.5 Å². The van der Waals surface area contributed by atoms with Crippen molar-refractivity contribution in [3.05, 3.63) is 71.4 Å². The van der Waals surface area contributed by atoms with Crippen LogP contribution in [0.15, 0.2) is 60.0 Å². The Hall–Kier alpha value is -2.99. The molecule has 4 aromatic rings. The van der Waals surface area contributed by atoms with Crippen molar-refractivity contribution in [2.24, 2.45) is 0 Å². The molecular weight excluding hydrogens is 347 g/mol. The van der Waals surface area contributed by atoms with Crippen molar-refractivity contribution in [3.8, 4) is 0 Å². The molecule has 2 heterocycles. The quantitative estimate of drug-likeness (QED) is 0.508. The number of rotatable bonds is 4. The minimum atomic E-state index is -0.249. The summed E-state index contributed by atoms with van der Waals surface area (Å²) in [5, 5.41) is 5.34. The molecule has 0 unspecified atom stereocenters. The van der Waals surface area contributed by atoms with Crippen LogP contribution in [0.3, 0.4) is 0 Å². The van der Waals surface area contributed by atoms with Gasteiger partial charge >= 0.3 is 0 Å². The number of thiophene rings is 1. The second-order valence-electron chi connectivity index (χ2n) is 5.99. The molecule has 1 N–H and O–H groups in total. The summed E-state index contributed by atoms with van der Waals surface area (Å²) in [6.07, 6.45) is 0. The summed E-state index contributed by atoms with van der Waals surface area (Å²) < 4.78 is 14.4. The van der Waals surface area contributed by atoms with E-state index >= 15 is 0 Å². The monoisotopic (exact) mass is 364 g/mol. The molecule has 0 aliphatic heterocycles. The second kappa shape index (κ2) is 6.72. The van der Waals surface area contributed by atoms with Gasteiger partial charge in [-0.05, 0) is 54.3 Å². The maximum Gasteiger partial charge on any atom is 0.232 e. The molecule has 4 rings (SSSR count). The first kappa shape index (κ1) is 16.5. The standard InChI is InChI=1S/C20H17FN4S/c1-13-12-14(21)8-9-16(13)22-19-18-17(10-11-26-18)23-20(24-19)25(2)15-6-4-3-5-7-15/h3-12H,1-2H3,(H,22,23,24). The number of aromatic nitrogens is 2. The van der Waals surface area contributed by atoms with Crippen LogP contribution in [-0.2, 0) is 0 Å². The van der Waals surface area contributed by atoms with E-state index in [0.717, 1.165) is 33.0 Å². The lowest BCUT2D eigenvalue weighted by atomic mass is 10.2. The van der Waals surface area contributed by atoms with Crippen LogP contribution in [0.1, 0.15) is 5.56 Å². The van der Waals surface area contributed by atoms with E-state index in [1.54, 1.807) is 17.4 Å². The summed E-state index contributed by atoms with van der Waals surface area (Å²) in [5.41, 5.74) is 3.54. The number of nitrogens with one attached hydrogen (secondary N) is 1. The molecule has 0 bridgehead atoms. The molecule has 0 fully saturated rings. The lowest BCUT2D eigenvalue weighted by molar-refractivity contribution is 0.627. The number of hydrogen-bond donors (Lipinski definition) is 1. The number of fused-ring (bicyclic) bond motifs is 1. The number of aryl methyl sites for hydroxylation is 1. The van der Waals surface area contributed by atoms with Crippen LogP contribution in [0.25, 0.3) is 10.2 Å². The highest BCUT2D eigenvalue weighted by Gasteiger charge is 2.14. The zero-order valence-electron chi connectivity index (χ0n) is 14.4. The largest absolute Gasteiger partial charge is 0.339 e. The van der Waals surface area contributed by atoms with E-state index in [9.17, 15) is 4.39 Å². The van der Waals surface area contributed by atoms with Crippen molar-refractivity contribution in [2.45, 2.75) is 6.92 Å². The van der Waals surface area contributed by atoms with Crippen LogP contribution in [-0.4, -0.2) is 17.0 Å². The summed E-state index contributed by atoms with van der Waals surface area (Å²) in [4.78, 5) is 11.3. The predicted molar refractivity (Wildman–Crippen MR) is 106 cm³/mol. The van der Waals surface area contributed by atoms with Crippen molar-refractivity contribution in [3.63, 3.8) is 0 Å². The van der Waals surface area contributed by atoms with Gasteiger partial charge in [0.05, 0.1) is 10.2 Å². The van der Waals surface area contributed by atoms with Gasteiger partial charge in [0, 0.05) is 18.4 Å². The average molecular weight is 364 g/mol. The smallest absolute Gasteiger partial charge is 0.232 e. The zero-order valence-corrected chi connectivity index (χ0v) is 15.2. The topological polar surface area (TPSA) is 41.1 Å². The summed E-state index contributed by atoms with van der Waals surface area (Å²) in [5.74, 6) is 1.07. The minimum absolute atomic E-state index is 0.249. The predicted octanol–water partition coefficient (Wildman–Crippen LogP) is 5.65. The molecule has 0 saturated heterocycles. The third kappa shape index (κ3) is 3.11. The molecule has 0 saturated carbocycles. The molecule has 4 nitrogen and oxygen atoms in total. The Kier molecular flexibility index (Phi) is 4.26. The maximum absolute atomic E-state index is 13.4. The first-order valence-electron chi connectivity index (χ1n) is 8.19. The van der Waals surface area contributed by atoms with Gasteiger partial charge in [0.2, 0.25) is 5.95 Å². The normalized spacial score (nSPS) is 10.9. The first-order chi connectivity index (χ1) is 12.6. The third-order valence-electron chi connectivity index (χ3n) is 4.18. The fourth-order valence-corrected chi connectivity index (χ4v) is 3.52. The zero-order chi connectivity index (χ0) is 18.1. The number of nitrogens with zero attached hydrogens (tertiary/aromatic N) is 3. The molecule has 6 heteroatoms. The highest BCUT2D eigenvalue weighted by atomic mass is 32.1. The summed E-state index contributed by atoms with van der Waals surface area (Å²) >= 11 is 1.58. The summed E-state index contributed by atoms with van der Waals surface area (Å²) in [7, 11) is 1.94. The van der Waals surface area contributed by atoms with Crippen LogP contribution in [0, 0.1) is 12.7 Å². The van der Waals surface area contributed by atoms with Crippen molar-refractivity contribution >= 4 is 44.7 Å². The number of benzene rings is 2. The Morgan fingerprint density at radius 3 is 2.62 bits per heavy atom. The van der Waals surface area contributed by atoms with Crippen molar-refractivity contribution < 1.29 is 4.39 Å². The van der Waals surface area contributed by atoms with E-state index in [1.165, 1.54) is 12.1 Å². The van der Waals surface area contributed by atoms with Gasteiger partial charge in [-0.25, -0.2) is 9.37 Å². The van der Waals surface area contributed by atoms with Gasteiger partial charge in [-0.3, -0.25) is 0 Å². The van der Waals surface area contributed by atoms with E-state index < -0.39 is 0 Å². The van der Waals surface area contributed by atoms with Crippen molar-refractivity contribution in [1.29, 1.82) is 0 Å². The molecule has 0 aliphatic carbocycles. The fraction of sp³-hybridized carbons (Fsp3) is 0.100. The third-order valence-corrected chi connectivity index (χ3v) is 5.09. The molecule has 26 heavy (non-hydrogen) atoms. The molecule has 0 spiro atoms. The van der Waals surface area contributed by atoms with Gasteiger partial charge in [-0.2, -0.15) is 4.98 Å². The summed E-state index contributed by atoms with van der Waals surface area (Å²) in [6, 6.07) is 16.6. The van der Waals surface area contributed by atoms with Crippen LogP contribution in [0.5, 0.6) is 0 Å². The van der Waals surface area contributed by atoms with Crippen LogP contribution >= 0.6 is 11.3 Å². The van der Waals surface area contributed by atoms with Crippen molar-refractivity contribution in [1.82, 2.24) is 9.97 Å². The molecule has 130 valence electrons. The van der Waals surface area contributed by atoms with Gasteiger partial charge in [0.25, 0.3) is 0 Å². The Balaban J connectivity index is 1.78. The molecule has 0 radical (unpaired) electrons. The van der Waals surface area contributed by atoms with E-state index in [0.29, 0.717) is 5.95 Å². The molecule has 0 amide bonds. The lowest BCUT2D eigenvalue weighted by Gasteiger charge is -2.18. The van der Waals surface area contributed by atoms with Gasteiger partial charge in [-0.15, -0.1) is 11.3 Å². The fourth-order valence-electron chi connectivity index (χ4n) is 2.75. The molecule has 2 aromatic carbocycles. The highest BCUT2D eigenvalue weighted by molar-refractivity contribution is 7.17. The van der Waals surface area contributed by atoms with Crippen LogP contribution in [0.2, 0.25) is 0 Å². The maximum atomic E-state index is 13.4. The van der Waals surface area contributed by atoms with Gasteiger partial charge in [0.15, 0.2) is 5.82 Å². The Bertz CT molecular complexity index is 1060. The first-order valence-corrected chi connectivity index (χ1v) is 9.07. The Labute approximate surface area is 155 Å². The van der Waals surface area contributed by atoms with Crippen molar-refractivity contribution in [2.75, 3.05) is 17.3 Å². The number of anilines is 4. The molecule has 2 aromatic heterocycles. The van der Waals surface area contributed by atoms with E-state index in [2.05, 4.69) is 10.3 Å². The van der Waals surface area contributed by atoms with Gasteiger partial charge in [0.1, 0.15) is 5.82 Å². The summed E-state index contributed by atoms with van der Waals surface area (Å²) in [6.45, 7) is 1.87. The van der Waals surface area contributed by atoms with E-state index in [4.69, 9.17) is 4.98 Å². The van der Waals surface area contributed by atoms with E-state index in [1.807, 2.05) is 60.6 Å².